The maximum absolute atomic E-state index is 10.8. The average Bonchev–Trinajstić information content (AvgIpc) is 2.46. The molecule has 0 saturated heterocycles. The zero-order valence-corrected chi connectivity index (χ0v) is 8.30. The van der Waals surface area contributed by atoms with E-state index in [0.29, 0.717) is 5.69 Å². The topological polar surface area (TPSA) is 91.3 Å². The third-order valence-corrected chi connectivity index (χ3v) is 2.32. The molecule has 7 heteroatoms. The van der Waals surface area contributed by atoms with Crippen molar-refractivity contribution in [3.05, 3.63) is 11.3 Å². The van der Waals surface area contributed by atoms with Gasteiger partial charge in [0.05, 0.1) is 24.3 Å². The molecule has 0 aromatic carbocycles. The summed E-state index contributed by atoms with van der Waals surface area (Å²) in [6, 6.07) is 0. The van der Waals surface area contributed by atoms with Gasteiger partial charge in [-0.3, -0.25) is 5.32 Å². The van der Waals surface area contributed by atoms with Crippen LogP contribution in [-0.2, 0) is 4.74 Å². The highest BCUT2D eigenvalue weighted by Crippen LogP contribution is 2.23. The van der Waals surface area contributed by atoms with Crippen LogP contribution in [0.25, 0.3) is 0 Å². The van der Waals surface area contributed by atoms with Crippen LogP contribution in [0.1, 0.15) is 16.1 Å². The van der Waals surface area contributed by atoms with Gasteiger partial charge in [0.15, 0.2) is 0 Å². The number of rotatable bonds is 2. The molecule has 76 valence electrons. The monoisotopic (exact) mass is 215 g/mol. The number of aromatic carboxylic acids is 1. The standard InChI is InChI=1S/C7H8N2O4S/c1-3-4(6(10)11)5(14-9-3)8-7(12)13-2/h1-2H3,(H,8,12)(H,10,11)/p-1. The molecule has 1 heterocycles. The van der Waals surface area contributed by atoms with Gasteiger partial charge in [-0.1, -0.05) is 0 Å². The number of ether oxygens (including phenoxy) is 1. The number of carboxylic acid groups (broad SMARTS) is 1. The number of hydrogen-bond acceptors (Lipinski definition) is 6. The number of methoxy groups -OCH3 is 1. The fourth-order valence-electron chi connectivity index (χ4n) is 0.839. The first kappa shape index (κ1) is 10.5. The van der Waals surface area contributed by atoms with E-state index >= 15 is 0 Å². The molecule has 6 nitrogen and oxygen atoms in total. The molecule has 0 spiro atoms. The Morgan fingerprint density at radius 1 is 1.57 bits per heavy atom. The third kappa shape index (κ3) is 1.99. The van der Waals surface area contributed by atoms with E-state index < -0.39 is 12.1 Å². The lowest BCUT2D eigenvalue weighted by Gasteiger charge is -2.05. The summed E-state index contributed by atoms with van der Waals surface area (Å²) in [6.07, 6.45) is -0.740. The van der Waals surface area contributed by atoms with Gasteiger partial charge in [-0.05, 0) is 18.5 Å². The molecular weight excluding hydrogens is 208 g/mol. The second-order valence-corrected chi connectivity index (χ2v) is 3.15. The van der Waals surface area contributed by atoms with E-state index in [-0.39, 0.29) is 10.6 Å². The lowest BCUT2D eigenvalue weighted by atomic mass is 10.2. The fourth-order valence-corrected chi connectivity index (χ4v) is 1.61. The lowest BCUT2D eigenvalue weighted by molar-refractivity contribution is -0.254. The predicted molar refractivity (Wildman–Crippen MR) is 47.2 cm³/mol. The van der Waals surface area contributed by atoms with Gasteiger partial charge in [0.2, 0.25) is 0 Å². The Morgan fingerprint density at radius 3 is 2.71 bits per heavy atom. The molecule has 0 radical (unpaired) electrons. The van der Waals surface area contributed by atoms with Gasteiger partial charge in [0.1, 0.15) is 5.00 Å². The zero-order valence-electron chi connectivity index (χ0n) is 7.49. The summed E-state index contributed by atoms with van der Waals surface area (Å²) in [7, 11) is 1.18. The molecule has 1 amide bonds. The number of carbonyl (C=O) groups is 2. The average molecular weight is 215 g/mol. The van der Waals surface area contributed by atoms with Gasteiger partial charge in [-0.2, -0.15) is 4.37 Å². The van der Waals surface area contributed by atoms with Crippen molar-refractivity contribution in [1.29, 1.82) is 0 Å². The maximum Gasteiger partial charge on any atom is 0.412 e. The van der Waals surface area contributed by atoms with Crippen molar-refractivity contribution in [3.8, 4) is 0 Å². The van der Waals surface area contributed by atoms with Crippen molar-refractivity contribution < 1.29 is 19.4 Å². The Labute approximate surface area is 83.7 Å². The number of amides is 1. The van der Waals surface area contributed by atoms with Crippen LogP contribution in [0.3, 0.4) is 0 Å². The van der Waals surface area contributed by atoms with Gasteiger partial charge in [-0.15, -0.1) is 0 Å². The Morgan fingerprint density at radius 2 is 2.21 bits per heavy atom. The van der Waals surface area contributed by atoms with E-state index in [4.69, 9.17) is 0 Å². The number of aryl methyl sites for hydroxylation is 1. The van der Waals surface area contributed by atoms with E-state index in [1.54, 1.807) is 0 Å². The normalized spacial score (nSPS) is 9.57. The number of carbonyl (C=O) groups excluding carboxylic acids is 2. The highest BCUT2D eigenvalue weighted by molar-refractivity contribution is 7.10. The molecule has 0 fully saturated rings. The van der Waals surface area contributed by atoms with Crippen LogP contribution < -0.4 is 10.4 Å². The molecule has 1 rings (SSSR count). The first-order valence-electron chi connectivity index (χ1n) is 3.59. The van der Waals surface area contributed by atoms with Gasteiger partial charge in [-0.25, -0.2) is 4.79 Å². The molecule has 0 unspecified atom stereocenters. The minimum Gasteiger partial charge on any atom is -0.545 e. The summed E-state index contributed by atoms with van der Waals surface area (Å²) in [5.74, 6) is -1.37. The second-order valence-electron chi connectivity index (χ2n) is 2.38. The van der Waals surface area contributed by atoms with E-state index in [1.807, 2.05) is 0 Å². The molecule has 0 saturated carbocycles. The van der Waals surface area contributed by atoms with Crippen LogP contribution in [0.2, 0.25) is 0 Å². The summed E-state index contributed by atoms with van der Waals surface area (Å²) in [4.78, 5) is 21.4. The first-order valence-corrected chi connectivity index (χ1v) is 4.36. The molecule has 1 aromatic rings. The minimum absolute atomic E-state index is 0.111. The Bertz CT molecular complexity index is 374. The van der Waals surface area contributed by atoms with Gasteiger partial charge in [0, 0.05) is 0 Å². The number of carboxylic acids is 1. The quantitative estimate of drug-likeness (QED) is 0.749. The molecule has 1 N–H and O–H groups in total. The Balaban J connectivity index is 2.98. The fraction of sp³-hybridized carbons (Fsp3) is 0.286. The van der Waals surface area contributed by atoms with Gasteiger partial charge in [0.25, 0.3) is 0 Å². The molecule has 0 aliphatic carbocycles. The van der Waals surface area contributed by atoms with Crippen molar-refractivity contribution in [2.45, 2.75) is 6.92 Å². The number of nitrogens with one attached hydrogen (secondary N) is 1. The van der Waals surface area contributed by atoms with E-state index in [0.717, 1.165) is 11.5 Å². The molecule has 14 heavy (non-hydrogen) atoms. The van der Waals surface area contributed by atoms with Crippen molar-refractivity contribution in [2.75, 3.05) is 12.4 Å². The molecule has 0 aliphatic rings. The first-order chi connectivity index (χ1) is 6.56. The van der Waals surface area contributed by atoms with Crippen molar-refractivity contribution in [2.24, 2.45) is 0 Å². The molecule has 0 aliphatic heterocycles. The highest BCUT2D eigenvalue weighted by Gasteiger charge is 2.13. The second kappa shape index (κ2) is 4.05. The number of anilines is 1. The Hall–Kier alpha value is -1.63. The van der Waals surface area contributed by atoms with Crippen LogP contribution in [0.4, 0.5) is 9.80 Å². The van der Waals surface area contributed by atoms with E-state index in [1.165, 1.54) is 14.0 Å². The minimum atomic E-state index is -1.37. The molecule has 0 bridgehead atoms. The molecule has 1 aromatic heterocycles. The van der Waals surface area contributed by atoms with Crippen LogP contribution >= 0.6 is 11.5 Å². The molecular formula is C7H7N2O4S-. The third-order valence-electron chi connectivity index (χ3n) is 1.47. The molecule has 0 atom stereocenters. The number of nitrogens with zero attached hydrogens (tertiary/aromatic N) is 1. The predicted octanol–water partition coefficient (Wildman–Crippen LogP) is -0.00668. The smallest absolute Gasteiger partial charge is 0.412 e. The van der Waals surface area contributed by atoms with Crippen molar-refractivity contribution in [3.63, 3.8) is 0 Å². The van der Waals surface area contributed by atoms with Gasteiger partial charge >= 0.3 is 6.09 Å². The van der Waals surface area contributed by atoms with Crippen molar-refractivity contribution in [1.82, 2.24) is 4.37 Å². The zero-order chi connectivity index (χ0) is 10.7. The van der Waals surface area contributed by atoms with E-state index in [2.05, 4.69) is 14.4 Å². The maximum atomic E-state index is 10.8. The summed E-state index contributed by atoms with van der Waals surface area (Å²) in [5.41, 5.74) is 0.196. The van der Waals surface area contributed by atoms with Crippen LogP contribution in [0.15, 0.2) is 0 Å². The van der Waals surface area contributed by atoms with E-state index in [9.17, 15) is 14.7 Å². The van der Waals surface area contributed by atoms with Crippen LogP contribution in [0.5, 0.6) is 0 Å². The van der Waals surface area contributed by atoms with Crippen LogP contribution in [-0.4, -0.2) is 23.5 Å². The highest BCUT2D eigenvalue weighted by atomic mass is 32.1. The number of hydrogen-bond donors (Lipinski definition) is 1. The summed E-state index contributed by atoms with van der Waals surface area (Å²) in [6.45, 7) is 1.52. The SMILES string of the molecule is COC(=O)Nc1snc(C)c1C(=O)[O-]. The van der Waals surface area contributed by atoms with Crippen LogP contribution in [0, 0.1) is 6.92 Å². The van der Waals surface area contributed by atoms with Gasteiger partial charge < -0.3 is 14.6 Å². The summed E-state index contributed by atoms with van der Waals surface area (Å²) >= 11 is 0.865. The number of aromatic nitrogens is 1. The summed E-state index contributed by atoms with van der Waals surface area (Å²) in [5, 5.41) is 13.0. The largest absolute Gasteiger partial charge is 0.545 e. The Kier molecular flexibility index (Phi) is 3.03. The lowest BCUT2D eigenvalue weighted by Crippen LogP contribution is -2.24. The van der Waals surface area contributed by atoms with Crippen molar-refractivity contribution >= 4 is 28.6 Å². The summed E-state index contributed by atoms with van der Waals surface area (Å²) < 4.78 is 8.09.